The van der Waals surface area contributed by atoms with Gasteiger partial charge in [0, 0.05) is 32.8 Å². The van der Waals surface area contributed by atoms with Crippen LogP contribution in [0.15, 0.2) is 4.99 Å². The Morgan fingerprint density at radius 1 is 1.39 bits per heavy atom. The quantitative estimate of drug-likeness (QED) is 0.248. The minimum absolute atomic E-state index is 0.598. The fraction of sp³-hybridized carbons (Fsp3) is 0.923. The molecular formula is C13H28N4O. The molecule has 0 spiro atoms. The number of hydrogen-bond acceptors (Lipinski definition) is 3. The summed E-state index contributed by atoms with van der Waals surface area (Å²) in [6, 6.07) is 0.598. The van der Waals surface area contributed by atoms with Gasteiger partial charge in [-0.2, -0.15) is 0 Å². The number of hydrogen-bond donors (Lipinski definition) is 2. The zero-order valence-corrected chi connectivity index (χ0v) is 11.8. The summed E-state index contributed by atoms with van der Waals surface area (Å²) in [4.78, 5) is 6.86. The lowest BCUT2D eigenvalue weighted by molar-refractivity contribution is 0.196. The third-order valence-electron chi connectivity index (χ3n) is 3.53. The van der Waals surface area contributed by atoms with Gasteiger partial charge in [0.05, 0.1) is 0 Å². The van der Waals surface area contributed by atoms with Crippen molar-refractivity contribution in [3.8, 4) is 0 Å². The molecular weight excluding hydrogens is 228 g/mol. The predicted molar refractivity (Wildman–Crippen MR) is 75.4 cm³/mol. The number of ether oxygens (including phenoxy) is 1. The number of methoxy groups -OCH3 is 1. The lowest BCUT2D eigenvalue weighted by Crippen LogP contribution is -2.50. The summed E-state index contributed by atoms with van der Waals surface area (Å²) in [6.45, 7) is 4.63. The van der Waals surface area contributed by atoms with Crippen molar-refractivity contribution in [2.24, 2.45) is 10.8 Å². The molecule has 1 saturated carbocycles. The molecule has 0 unspecified atom stereocenters. The second-order valence-electron chi connectivity index (χ2n) is 4.77. The Bertz CT molecular complexity index is 239. The zero-order valence-electron chi connectivity index (χ0n) is 11.8. The molecule has 0 amide bonds. The Balaban J connectivity index is 2.52. The Kier molecular flexibility index (Phi) is 7.76. The Morgan fingerprint density at radius 2 is 2.11 bits per heavy atom. The summed E-state index contributed by atoms with van der Waals surface area (Å²) in [6.07, 6.45) is 7.46. The Labute approximate surface area is 111 Å². The first-order chi connectivity index (χ1) is 8.83. The normalized spacial score (nSPS) is 17.8. The van der Waals surface area contributed by atoms with Crippen LogP contribution in [0.4, 0.5) is 0 Å². The Hall–Kier alpha value is -0.810. The highest BCUT2D eigenvalue weighted by Crippen LogP contribution is 2.22. The van der Waals surface area contributed by atoms with Crippen LogP contribution in [0, 0.1) is 0 Å². The van der Waals surface area contributed by atoms with E-state index >= 15 is 0 Å². The van der Waals surface area contributed by atoms with Gasteiger partial charge in [-0.15, -0.1) is 0 Å². The van der Waals surface area contributed by atoms with Crippen molar-refractivity contribution in [2.45, 2.75) is 51.5 Å². The number of nitrogens with one attached hydrogen (secondary N) is 1. The summed E-state index contributed by atoms with van der Waals surface area (Å²) in [7, 11) is 1.71. The lowest BCUT2D eigenvalue weighted by atomic mass is 9.94. The van der Waals surface area contributed by atoms with Gasteiger partial charge in [-0.3, -0.25) is 10.4 Å². The molecule has 0 aromatic carbocycles. The van der Waals surface area contributed by atoms with Crippen molar-refractivity contribution in [1.29, 1.82) is 0 Å². The van der Waals surface area contributed by atoms with Crippen molar-refractivity contribution < 1.29 is 4.74 Å². The van der Waals surface area contributed by atoms with Crippen molar-refractivity contribution in [3.05, 3.63) is 0 Å². The first-order valence-corrected chi connectivity index (χ1v) is 7.10. The molecule has 5 heteroatoms. The van der Waals surface area contributed by atoms with E-state index in [-0.39, 0.29) is 0 Å². The molecule has 0 heterocycles. The van der Waals surface area contributed by atoms with Gasteiger partial charge >= 0.3 is 0 Å². The third kappa shape index (κ3) is 4.82. The average Bonchev–Trinajstić information content (AvgIpc) is 2.43. The number of nitrogens with two attached hydrogens (primary N) is 1. The first kappa shape index (κ1) is 15.2. The molecule has 0 aromatic rings. The van der Waals surface area contributed by atoms with E-state index in [1.165, 1.54) is 32.1 Å². The lowest BCUT2D eigenvalue weighted by Gasteiger charge is -2.35. The van der Waals surface area contributed by atoms with E-state index in [4.69, 9.17) is 10.6 Å². The highest BCUT2D eigenvalue weighted by atomic mass is 16.5. The predicted octanol–water partition coefficient (Wildman–Crippen LogP) is 1.50. The largest absolute Gasteiger partial charge is 0.385 e. The minimum Gasteiger partial charge on any atom is -0.385 e. The molecule has 106 valence electrons. The number of guanidine groups is 1. The van der Waals surface area contributed by atoms with Crippen LogP contribution in [-0.2, 0) is 4.74 Å². The SMILES string of the molecule is CCN(C(=NCCCOC)NN)C1CCCCC1. The van der Waals surface area contributed by atoms with E-state index in [1.54, 1.807) is 7.11 Å². The van der Waals surface area contributed by atoms with Gasteiger partial charge in [-0.25, -0.2) is 5.84 Å². The molecule has 0 atom stereocenters. The van der Waals surface area contributed by atoms with Gasteiger partial charge in [0.15, 0.2) is 0 Å². The van der Waals surface area contributed by atoms with Crippen LogP contribution in [0.1, 0.15) is 45.4 Å². The number of rotatable bonds is 6. The van der Waals surface area contributed by atoms with Gasteiger partial charge in [-0.05, 0) is 26.2 Å². The second kappa shape index (κ2) is 9.16. The summed E-state index contributed by atoms with van der Waals surface area (Å²) in [5, 5.41) is 0. The van der Waals surface area contributed by atoms with Gasteiger partial charge in [-0.1, -0.05) is 19.3 Å². The van der Waals surface area contributed by atoms with Crippen LogP contribution in [0.5, 0.6) is 0 Å². The number of hydrazine groups is 1. The fourth-order valence-electron chi connectivity index (χ4n) is 2.59. The van der Waals surface area contributed by atoms with E-state index in [0.717, 1.165) is 32.1 Å². The summed E-state index contributed by atoms with van der Waals surface area (Å²) in [5.74, 6) is 6.45. The molecule has 0 saturated heterocycles. The smallest absolute Gasteiger partial charge is 0.208 e. The standard InChI is InChI=1S/C13H28N4O/c1-3-17(12-8-5-4-6-9-12)13(16-14)15-10-7-11-18-2/h12H,3-11,14H2,1-2H3,(H,15,16). The molecule has 3 N–H and O–H groups in total. The molecule has 0 aromatic heterocycles. The maximum atomic E-state index is 5.62. The maximum Gasteiger partial charge on any atom is 0.208 e. The molecule has 1 fully saturated rings. The maximum absolute atomic E-state index is 5.62. The van der Waals surface area contributed by atoms with Crippen LogP contribution < -0.4 is 11.3 Å². The molecule has 0 aliphatic heterocycles. The monoisotopic (exact) mass is 256 g/mol. The second-order valence-corrected chi connectivity index (χ2v) is 4.77. The Morgan fingerprint density at radius 3 is 2.67 bits per heavy atom. The summed E-state index contributed by atoms with van der Waals surface area (Å²) in [5.41, 5.74) is 2.76. The van der Waals surface area contributed by atoms with Crippen molar-refractivity contribution >= 4 is 5.96 Å². The van der Waals surface area contributed by atoms with Crippen LogP contribution >= 0.6 is 0 Å². The molecule has 5 nitrogen and oxygen atoms in total. The average molecular weight is 256 g/mol. The molecule has 1 aliphatic carbocycles. The number of nitrogens with zero attached hydrogens (tertiary/aromatic N) is 2. The molecule has 18 heavy (non-hydrogen) atoms. The van der Waals surface area contributed by atoms with Gasteiger partial charge < -0.3 is 9.64 Å². The molecule has 1 aliphatic rings. The summed E-state index contributed by atoms with van der Waals surface area (Å²) < 4.78 is 5.03. The molecule has 1 rings (SSSR count). The highest BCUT2D eigenvalue weighted by Gasteiger charge is 2.22. The molecule has 0 bridgehead atoms. The first-order valence-electron chi connectivity index (χ1n) is 7.10. The van der Waals surface area contributed by atoms with Crippen molar-refractivity contribution in [1.82, 2.24) is 10.3 Å². The van der Waals surface area contributed by atoms with Crippen LogP contribution in [0.25, 0.3) is 0 Å². The van der Waals surface area contributed by atoms with Crippen LogP contribution in [0.3, 0.4) is 0 Å². The van der Waals surface area contributed by atoms with Crippen molar-refractivity contribution in [3.63, 3.8) is 0 Å². The van der Waals surface area contributed by atoms with E-state index in [9.17, 15) is 0 Å². The molecule has 0 radical (unpaired) electrons. The van der Waals surface area contributed by atoms with Crippen LogP contribution in [0.2, 0.25) is 0 Å². The van der Waals surface area contributed by atoms with Crippen LogP contribution in [-0.4, -0.2) is 43.7 Å². The fourth-order valence-corrected chi connectivity index (χ4v) is 2.59. The topological polar surface area (TPSA) is 62.9 Å². The summed E-state index contributed by atoms with van der Waals surface area (Å²) >= 11 is 0. The third-order valence-corrected chi connectivity index (χ3v) is 3.53. The van der Waals surface area contributed by atoms with E-state index < -0.39 is 0 Å². The minimum atomic E-state index is 0.598. The zero-order chi connectivity index (χ0) is 13.2. The van der Waals surface area contributed by atoms with E-state index in [2.05, 4.69) is 22.2 Å². The van der Waals surface area contributed by atoms with E-state index in [1.807, 2.05) is 0 Å². The van der Waals surface area contributed by atoms with E-state index in [0.29, 0.717) is 6.04 Å². The highest BCUT2D eigenvalue weighted by molar-refractivity contribution is 5.79. The van der Waals surface area contributed by atoms with Gasteiger partial charge in [0.2, 0.25) is 5.96 Å². The van der Waals surface area contributed by atoms with Crippen molar-refractivity contribution in [2.75, 3.05) is 26.8 Å². The number of aliphatic imine (C=N–C) groups is 1. The van der Waals surface area contributed by atoms with Gasteiger partial charge in [0.25, 0.3) is 0 Å². The van der Waals surface area contributed by atoms with Gasteiger partial charge in [0.1, 0.15) is 0 Å².